The van der Waals surface area contributed by atoms with E-state index in [-0.39, 0.29) is 0 Å². The molecule has 3 rings (SSSR count). The van der Waals surface area contributed by atoms with E-state index in [0.29, 0.717) is 17.5 Å². The zero-order valence-corrected chi connectivity index (χ0v) is 10.9. The summed E-state index contributed by atoms with van der Waals surface area (Å²) in [6.45, 7) is 5.82. The molecule has 1 aromatic heterocycles. The summed E-state index contributed by atoms with van der Waals surface area (Å²) in [5.41, 5.74) is 1.94. The van der Waals surface area contributed by atoms with E-state index in [9.17, 15) is 0 Å². The molecule has 2 heterocycles. The standard InChI is InChI=1S/C14H23N3/c1-11-4-3-5-12(16-11)13-8-15-10-17(13)9-14(2)6-7-14/h8,10-12,16H,3-7,9H2,1-2H3. The predicted molar refractivity (Wildman–Crippen MR) is 68.8 cm³/mol. The van der Waals surface area contributed by atoms with Gasteiger partial charge in [0.1, 0.15) is 0 Å². The number of nitrogens with zero attached hydrogens (tertiary/aromatic N) is 2. The van der Waals surface area contributed by atoms with Crippen LogP contribution in [0.4, 0.5) is 0 Å². The van der Waals surface area contributed by atoms with E-state index in [1.54, 1.807) is 0 Å². The van der Waals surface area contributed by atoms with E-state index in [4.69, 9.17) is 0 Å². The Hall–Kier alpha value is -0.830. The largest absolute Gasteiger partial charge is 0.333 e. The lowest BCUT2D eigenvalue weighted by Gasteiger charge is -2.29. The monoisotopic (exact) mass is 233 g/mol. The minimum atomic E-state index is 0.517. The number of nitrogens with one attached hydrogen (secondary N) is 1. The zero-order chi connectivity index (χ0) is 11.9. The average Bonchev–Trinajstić information content (AvgIpc) is 2.86. The van der Waals surface area contributed by atoms with Crippen molar-refractivity contribution < 1.29 is 0 Å². The number of aromatic nitrogens is 2. The number of piperidine rings is 1. The second-order valence-corrected chi connectivity index (χ2v) is 6.31. The van der Waals surface area contributed by atoms with E-state index in [2.05, 4.69) is 34.9 Å². The molecule has 94 valence electrons. The first kappa shape index (κ1) is 11.3. The molecule has 3 heteroatoms. The maximum Gasteiger partial charge on any atom is 0.0948 e. The van der Waals surface area contributed by atoms with Gasteiger partial charge in [-0.25, -0.2) is 4.98 Å². The van der Waals surface area contributed by atoms with Crippen LogP contribution in [0.3, 0.4) is 0 Å². The minimum absolute atomic E-state index is 0.517. The Kier molecular flexibility index (Phi) is 2.74. The molecule has 2 unspecified atom stereocenters. The highest BCUT2D eigenvalue weighted by molar-refractivity contribution is 5.08. The lowest BCUT2D eigenvalue weighted by atomic mass is 9.97. The molecule has 2 aliphatic rings. The lowest BCUT2D eigenvalue weighted by Crippen LogP contribution is -2.35. The fourth-order valence-electron chi connectivity index (χ4n) is 2.91. The summed E-state index contributed by atoms with van der Waals surface area (Å²) in [6, 6.07) is 1.16. The Morgan fingerprint density at radius 1 is 1.47 bits per heavy atom. The van der Waals surface area contributed by atoms with Crippen LogP contribution in [-0.4, -0.2) is 15.6 Å². The van der Waals surface area contributed by atoms with Crippen molar-refractivity contribution >= 4 is 0 Å². The first-order valence-electron chi connectivity index (χ1n) is 6.92. The smallest absolute Gasteiger partial charge is 0.0948 e. The topological polar surface area (TPSA) is 29.9 Å². The lowest BCUT2D eigenvalue weighted by molar-refractivity contribution is 0.322. The van der Waals surface area contributed by atoms with Gasteiger partial charge >= 0.3 is 0 Å². The molecule has 1 aliphatic heterocycles. The summed E-state index contributed by atoms with van der Waals surface area (Å²) < 4.78 is 2.38. The Morgan fingerprint density at radius 2 is 2.29 bits per heavy atom. The summed E-state index contributed by atoms with van der Waals surface area (Å²) in [4.78, 5) is 4.36. The van der Waals surface area contributed by atoms with Crippen molar-refractivity contribution in [2.45, 2.75) is 64.6 Å². The van der Waals surface area contributed by atoms with E-state index >= 15 is 0 Å². The maximum absolute atomic E-state index is 4.36. The van der Waals surface area contributed by atoms with Crippen molar-refractivity contribution in [3.05, 3.63) is 18.2 Å². The molecule has 0 bridgehead atoms. The minimum Gasteiger partial charge on any atom is -0.333 e. The van der Waals surface area contributed by atoms with Gasteiger partial charge in [0, 0.05) is 24.8 Å². The number of hydrogen-bond donors (Lipinski definition) is 1. The number of rotatable bonds is 3. The second-order valence-electron chi connectivity index (χ2n) is 6.31. The highest BCUT2D eigenvalue weighted by Crippen LogP contribution is 2.46. The van der Waals surface area contributed by atoms with Gasteiger partial charge in [0.25, 0.3) is 0 Å². The molecule has 1 N–H and O–H groups in total. The molecule has 2 atom stereocenters. The highest BCUT2D eigenvalue weighted by atomic mass is 15.1. The molecule has 3 nitrogen and oxygen atoms in total. The maximum atomic E-state index is 4.36. The Labute approximate surface area is 104 Å². The van der Waals surface area contributed by atoms with Crippen LogP contribution < -0.4 is 5.32 Å². The molecular weight excluding hydrogens is 210 g/mol. The first-order valence-corrected chi connectivity index (χ1v) is 6.92. The summed E-state index contributed by atoms with van der Waals surface area (Å²) in [5.74, 6) is 0. The summed E-state index contributed by atoms with van der Waals surface area (Å²) in [6.07, 6.45) is 10.7. The van der Waals surface area contributed by atoms with Crippen LogP contribution in [-0.2, 0) is 6.54 Å². The van der Waals surface area contributed by atoms with E-state index in [0.717, 1.165) is 6.54 Å². The Morgan fingerprint density at radius 3 is 3.00 bits per heavy atom. The van der Waals surface area contributed by atoms with Crippen LogP contribution in [0.2, 0.25) is 0 Å². The Balaban J connectivity index is 1.75. The van der Waals surface area contributed by atoms with Crippen molar-refractivity contribution in [1.82, 2.24) is 14.9 Å². The molecule has 1 aromatic rings. The molecular formula is C14H23N3. The quantitative estimate of drug-likeness (QED) is 0.870. The van der Waals surface area contributed by atoms with E-state index in [1.165, 1.54) is 37.8 Å². The normalized spacial score (nSPS) is 31.4. The van der Waals surface area contributed by atoms with Gasteiger partial charge in [0.05, 0.1) is 12.0 Å². The van der Waals surface area contributed by atoms with Crippen molar-refractivity contribution in [2.75, 3.05) is 0 Å². The van der Waals surface area contributed by atoms with Gasteiger partial charge in [-0.2, -0.15) is 0 Å². The van der Waals surface area contributed by atoms with Gasteiger partial charge in [-0.1, -0.05) is 6.92 Å². The fourth-order valence-corrected chi connectivity index (χ4v) is 2.91. The summed E-state index contributed by atoms with van der Waals surface area (Å²) in [7, 11) is 0. The van der Waals surface area contributed by atoms with Gasteiger partial charge in [0.2, 0.25) is 0 Å². The zero-order valence-electron chi connectivity index (χ0n) is 10.9. The highest BCUT2D eigenvalue weighted by Gasteiger charge is 2.38. The van der Waals surface area contributed by atoms with Crippen molar-refractivity contribution in [3.8, 4) is 0 Å². The predicted octanol–water partition coefficient (Wildman–Crippen LogP) is 2.89. The van der Waals surface area contributed by atoms with Crippen molar-refractivity contribution in [1.29, 1.82) is 0 Å². The Bertz CT molecular complexity index is 392. The van der Waals surface area contributed by atoms with Crippen LogP contribution >= 0.6 is 0 Å². The third-order valence-electron chi connectivity index (χ3n) is 4.37. The van der Waals surface area contributed by atoms with Crippen molar-refractivity contribution in [3.63, 3.8) is 0 Å². The summed E-state index contributed by atoms with van der Waals surface area (Å²) in [5, 5.41) is 3.70. The molecule has 0 spiro atoms. The molecule has 0 radical (unpaired) electrons. The van der Waals surface area contributed by atoms with Gasteiger partial charge < -0.3 is 9.88 Å². The third-order valence-corrected chi connectivity index (χ3v) is 4.37. The SMILES string of the molecule is CC1CCCC(c2cncn2CC2(C)CC2)N1. The van der Waals surface area contributed by atoms with E-state index < -0.39 is 0 Å². The van der Waals surface area contributed by atoms with Crippen LogP contribution in [0, 0.1) is 5.41 Å². The molecule has 0 aromatic carbocycles. The van der Waals surface area contributed by atoms with Crippen LogP contribution in [0.25, 0.3) is 0 Å². The molecule has 1 saturated carbocycles. The van der Waals surface area contributed by atoms with Crippen LogP contribution in [0.1, 0.15) is 57.7 Å². The van der Waals surface area contributed by atoms with Crippen LogP contribution in [0.5, 0.6) is 0 Å². The summed E-state index contributed by atoms with van der Waals surface area (Å²) >= 11 is 0. The molecule has 2 fully saturated rings. The second kappa shape index (κ2) is 4.13. The molecule has 1 saturated heterocycles. The molecule has 17 heavy (non-hydrogen) atoms. The number of imidazole rings is 1. The molecule has 0 amide bonds. The van der Waals surface area contributed by atoms with E-state index in [1.807, 2.05) is 6.33 Å². The van der Waals surface area contributed by atoms with Gasteiger partial charge in [0.15, 0.2) is 0 Å². The van der Waals surface area contributed by atoms with Gasteiger partial charge in [-0.15, -0.1) is 0 Å². The van der Waals surface area contributed by atoms with Crippen molar-refractivity contribution in [2.24, 2.45) is 5.41 Å². The average molecular weight is 233 g/mol. The number of hydrogen-bond acceptors (Lipinski definition) is 2. The van der Waals surface area contributed by atoms with Gasteiger partial charge in [-0.05, 0) is 44.4 Å². The van der Waals surface area contributed by atoms with Crippen LogP contribution in [0.15, 0.2) is 12.5 Å². The first-order chi connectivity index (χ1) is 8.16. The van der Waals surface area contributed by atoms with Gasteiger partial charge in [-0.3, -0.25) is 0 Å². The molecule has 1 aliphatic carbocycles. The fraction of sp³-hybridized carbons (Fsp3) is 0.786. The third kappa shape index (κ3) is 2.39.